The smallest absolute Gasteiger partial charge is 0.0780 e. The van der Waals surface area contributed by atoms with Crippen molar-refractivity contribution < 1.29 is 0 Å². The molecule has 25 heavy (non-hydrogen) atoms. The van der Waals surface area contributed by atoms with Crippen LogP contribution in [-0.2, 0) is 0 Å². The third-order valence-electron chi connectivity index (χ3n) is 4.54. The molecule has 0 N–H and O–H groups in total. The molecular formula is C22H13BrN2. The summed E-state index contributed by atoms with van der Waals surface area (Å²) in [4.78, 5) is 9.48. The fraction of sp³-hybridized carbons (Fsp3) is 0. The van der Waals surface area contributed by atoms with Gasteiger partial charge in [0.25, 0.3) is 0 Å². The van der Waals surface area contributed by atoms with Gasteiger partial charge in [0, 0.05) is 32.4 Å². The van der Waals surface area contributed by atoms with E-state index in [1.54, 1.807) is 0 Å². The SMILES string of the molecule is Brc1ccc2nc(-c3cc4cccnc4c4ccccc34)ccc2c1. The molecule has 0 fully saturated rings. The monoisotopic (exact) mass is 384 g/mol. The van der Waals surface area contributed by atoms with Crippen LogP contribution in [0.1, 0.15) is 0 Å². The van der Waals surface area contributed by atoms with Crippen molar-refractivity contribution in [1.82, 2.24) is 9.97 Å². The highest BCUT2D eigenvalue weighted by Gasteiger charge is 2.10. The predicted octanol–water partition coefficient (Wildman–Crippen LogP) is 6.37. The second kappa shape index (κ2) is 5.64. The third kappa shape index (κ3) is 2.39. The van der Waals surface area contributed by atoms with Crippen LogP contribution in [0, 0.1) is 0 Å². The molecule has 118 valence electrons. The van der Waals surface area contributed by atoms with E-state index in [4.69, 9.17) is 4.98 Å². The topological polar surface area (TPSA) is 25.8 Å². The van der Waals surface area contributed by atoms with Crippen molar-refractivity contribution in [1.29, 1.82) is 0 Å². The molecule has 0 unspecified atom stereocenters. The van der Waals surface area contributed by atoms with E-state index >= 15 is 0 Å². The largest absolute Gasteiger partial charge is 0.256 e. The number of benzene rings is 3. The van der Waals surface area contributed by atoms with E-state index in [0.717, 1.165) is 42.9 Å². The first kappa shape index (κ1) is 14.6. The first-order valence-corrected chi connectivity index (χ1v) is 8.92. The molecule has 0 bridgehead atoms. The molecule has 3 aromatic carbocycles. The van der Waals surface area contributed by atoms with E-state index in [1.165, 1.54) is 5.39 Å². The molecule has 0 atom stereocenters. The lowest BCUT2D eigenvalue weighted by molar-refractivity contribution is 1.40. The summed E-state index contributed by atoms with van der Waals surface area (Å²) in [5.41, 5.74) is 4.15. The minimum Gasteiger partial charge on any atom is -0.256 e. The number of nitrogens with zero attached hydrogens (tertiary/aromatic N) is 2. The number of halogens is 1. The van der Waals surface area contributed by atoms with Gasteiger partial charge in [-0.2, -0.15) is 0 Å². The molecule has 0 aliphatic rings. The van der Waals surface area contributed by atoms with E-state index in [9.17, 15) is 0 Å². The van der Waals surface area contributed by atoms with Crippen molar-refractivity contribution in [3.05, 3.63) is 83.5 Å². The van der Waals surface area contributed by atoms with Crippen LogP contribution in [-0.4, -0.2) is 9.97 Å². The fourth-order valence-corrected chi connectivity index (χ4v) is 3.75. The van der Waals surface area contributed by atoms with Crippen LogP contribution in [0.25, 0.3) is 43.8 Å². The Hall–Kier alpha value is -2.78. The van der Waals surface area contributed by atoms with Gasteiger partial charge < -0.3 is 0 Å². The molecule has 0 amide bonds. The van der Waals surface area contributed by atoms with Crippen LogP contribution in [0.2, 0.25) is 0 Å². The molecule has 0 radical (unpaired) electrons. The van der Waals surface area contributed by atoms with E-state index in [0.29, 0.717) is 0 Å². The Balaban J connectivity index is 1.86. The van der Waals surface area contributed by atoms with Gasteiger partial charge >= 0.3 is 0 Å². The fourth-order valence-electron chi connectivity index (χ4n) is 3.38. The van der Waals surface area contributed by atoms with Crippen LogP contribution in [0.15, 0.2) is 83.5 Å². The highest BCUT2D eigenvalue weighted by molar-refractivity contribution is 9.10. The van der Waals surface area contributed by atoms with Crippen molar-refractivity contribution in [2.24, 2.45) is 0 Å². The number of fused-ring (bicyclic) bond motifs is 4. The molecule has 0 aliphatic heterocycles. The van der Waals surface area contributed by atoms with Gasteiger partial charge in [0.05, 0.1) is 16.7 Å². The lowest BCUT2D eigenvalue weighted by Gasteiger charge is -2.10. The Morgan fingerprint density at radius 3 is 2.52 bits per heavy atom. The summed E-state index contributed by atoms with van der Waals surface area (Å²) >= 11 is 3.52. The number of aromatic nitrogens is 2. The van der Waals surface area contributed by atoms with Crippen molar-refractivity contribution in [3.63, 3.8) is 0 Å². The van der Waals surface area contributed by atoms with Gasteiger partial charge in [-0.25, -0.2) is 4.98 Å². The predicted molar refractivity (Wildman–Crippen MR) is 108 cm³/mol. The lowest BCUT2D eigenvalue weighted by Crippen LogP contribution is -1.89. The lowest BCUT2D eigenvalue weighted by atomic mass is 9.97. The second-order valence-corrected chi connectivity index (χ2v) is 6.99. The van der Waals surface area contributed by atoms with Crippen molar-refractivity contribution in [3.8, 4) is 11.3 Å². The normalized spacial score (nSPS) is 11.4. The summed E-state index contributed by atoms with van der Waals surface area (Å²) in [6.07, 6.45) is 1.85. The number of hydrogen-bond donors (Lipinski definition) is 0. The average Bonchev–Trinajstić information content (AvgIpc) is 2.67. The molecule has 0 saturated heterocycles. The Kier molecular flexibility index (Phi) is 3.28. The molecule has 2 heterocycles. The first-order valence-electron chi connectivity index (χ1n) is 8.13. The molecule has 0 spiro atoms. The van der Waals surface area contributed by atoms with E-state index in [-0.39, 0.29) is 0 Å². The van der Waals surface area contributed by atoms with Crippen LogP contribution in [0.5, 0.6) is 0 Å². The summed E-state index contributed by atoms with van der Waals surface area (Å²) in [7, 11) is 0. The number of pyridine rings is 2. The number of hydrogen-bond acceptors (Lipinski definition) is 2. The molecule has 0 saturated carbocycles. The standard InChI is InChI=1S/C22H13BrN2/c23-16-8-10-20-14(12-16)7-9-21(25-20)19-13-15-4-3-11-24-22(15)18-6-2-1-5-17(18)19/h1-13H. The van der Waals surface area contributed by atoms with Crippen molar-refractivity contribution in [2.75, 3.05) is 0 Å². The first-order chi connectivity index (χ1) is 12.3. The molecular weight excluding hydrogens is 372 g/mol. The highest BCUT2D eigenvalue weighted by Crippen LogP contribution is 2.34. The summed E-state index contributed by atoms with van der Waals surface area (Å²) in [6.45, 7) is 0. The van der Waals surface area contributed by atoms with Crippen LogP contribution < -0.4 is 0 Å². The zero-order valence-corrected chi connectivity index (χ0v) is 14.9. The van der Waals surface area contributed by atoms with Crippen molar-refractivity contribution in [2.45, 2.75) is 0 Å². The Labute approximate surface area is 153 Å². The van der Waals surface area contributed by atoms with E-state index in [1.807, 2.05) is 24.4 Å². The zero-order valence-electron chi connectivity index (χ0n) is 13.3. The summed E-state index contributed by atoms with van der Waals surface area (Å²) in [5, 5.41) is 4.60. The maximum absolute atomic E-state index is 4.90. The van der Waals surface area contributed by atoms with Gasteiger partial charge in [-0.05, 0) is 41.8 Å². The quantitative estimate of drug-likeness (QED) is 0.314. The van der Waals surface area contributed by atoms with Crippen molar-refractivity contribution >= 4 is 48.5 Å². The van der Waals surface area contributed by atoms with Crippen LogP contribution in [0.4, 0.5) is 0 Å². The van der Waals surface area contributed by atoms with Crippen LogP contribution >= 0.6 is 15.9 Å². The van der Waals surface area contributed by atoms with Gasteiger partial charge in [0.1, 0.15) is 0 Å². The third-order valence-corrected chi connectivity index (χ3v) is 5.03. The molecule has 3 heteroatoms. The Bertz CT molecular complexity index is 1260. The number of rotatable bonds is 1. The minimum absolute atomic E-state index is 0.983. The summed E-state index contributed by atoms with van der Waals surface area (Å²) in [5.74, 6) is 0. The molecule has 0 aliphatic carbocycles. The Morgan fingerprint density at radius 2 is 1.60 bits per heavy atom. The molecule has 5 rings (SSSR count). The van der Waals surface area contributed by atoms with Crippen LogP contribution in [0.3, 0.4) is 0 Å². The molecule has 2 nitrogen and oxygen atoms in total. The molecule has 2 aromatic heterocycles. The van der Waals surface area contributed by atoms with E-state index in [2.05, 4.69) is 75.5 Å². The highest BCUT2D eigenvalue weighted by atomic mass is 79.9. The Morgan fingerprint density at radius 1 is 0.720 bits per heavy atom. The van der Waals surface area contributed by atoms with Gasteiger partial charge in [0.2, 0.25) is 0 Å². The van der Waals surface area contributed by atoms with Gasteiger partial charge in [-0.15, -0.1) is 0 Å². The van der Waals surface area contributed by atoms with Gasteiger partial charge in [-0.1, -0.05) is 52.3 Å². The molecule has 5 aromatic rings. The second-order valence-electron chi connectivity index (χ2n) is 6.08. The maximum Gasteiger partial charge on any atom is 0.0780 e. The summed E-state index contributed by atoms with van der Waals surface area (Å²) < 4.78 is 1.07. The maximum atomic E-state index is 4.90. The van der Waals surface area contributed by atoms with E-state index < -0.39 is 0 Å². The van der Waals surface area contributed by atoms with Gasteiger partial charge in [0.15, 0.2) is 0 Å². The average molecular weight is 385 g/mol. The summed E-state index contributed by atoms with van der Waals surface area (Å²) in [6, 6.07) is 25.1. The zero-order chi connectivity index (χ0) is 16.8. The minimum atomic E-state index is 0.983. The van der Waals surface area contributed by atoms with Gasteiger partial charge in [-0.3, -0.25) is 4.98 Å².